The van der Waals surface area contributed by atoms with Gasteiger partial charge < -0.3 is 5.32 Å². The van der Waals surface area contributed by atoms with E-state index in [2.05, 4.69) is 11.2 Å². The van der Waals surface area contributed by atoms with Crippen molar-refractivity contribution in [2.24, 2.45) is 0 Å². The molecule has 1 aromatic rings. The largest absolute Gasteiger partial charge is 0.316 e. The van der Waals surface area contributed by atoms with Gasteiger partial charge in [-0.05, 0) is 24.7 Å². The van der Waals surface area contributed by atoms with Crippen LogP contribution in [0.15, 0.2) is 23.1 Å². The molecule has 0 bridgehead atoms. The topological polar surface area (TPSA) is 49.4 Å². The van der Waals surface area contributed by atoms with E-state index < -0.39 is 10.0 Å². The molecule has 0 amide bonds. The van der Waals surface area contributed by atoms with Crippen LogP contribution < -0.4 is 5.32 Å². The van der Waals surface area contributed by atoms with Crippen molar-refractivity contribution in [2.75, 3.05) is 20.6 Å². The molecule has 98 valence electrons. The first-order valence-electron chi connectivity index (χ1n) is 5.26. The van der Waals surface area contributed by atoms with E-state index >= 15 is 0 Å². The average molecular weight is 287 g/mol. The van der Waals surface area contributed by atoms with Gasteiger partial charge in [-0.15, -0.1) is 6.42 Å². The van der Waals surface area contributed by atoms with Crippen molar-refractivity contribution >= 4 is 21.6 Å². The summed E-state index contributed by atoms with van der Waals surface area (Å²) in [7, 11) is -0.341. The van der Waals surface area contributed by atoms with Gasteiger partial charge in [-0.25, -0.2) is 8.42 Å². The molecule has 0 heterocycles. The number of halogens is 1. The molecule has 0 aliphatic carbocycles. The van der Waals surface area contributed by atoms with Gasteiger partial charge in [-0.3, -0.25) is 0 Å². The maximum atomic E-state index is 12.1. The minimum Gasteiger partial charge on any atom is -0.316 e. The van der Waals surface area contributed by atoms with Crippen molar-refractivity contribution in [3.8, 4) is 12.3 Å². The van der Waals surface area contributed by atoms with Gasteiger partial charge in [0.25, 0.3) is 0 Å². The molecule has 0 spiro atoms. The number of hydrogen-bond acceptors (Lipinski definition) is 3. The van der Waals surface area contributed by atoms with Crippen LogP contribution in [0.2, 0.25) is 5.02 Å². The number of terminal acetylenes is 1. The fourth-order valence-corrected chi connectivity index (χ4v) is 2.84. The van der Waals surface area contributed by atoms with E-state index in [-0.39, 0.29) is 11.4 Å². The van der Waals surface area contributed by atoms with Gasteiger partial charge >= 0.3 is 0 Å². The Hall–Kier alpha value is -1.06. The molecule has 0 saturated heterocycles. The predicted octanol–water partition coefficient (Wildman–Crippen LogP) is 1.31. The molecule has 0 unspecified atom stereocenters. The Bertz CT molecular complexity index is 564. The summed E-state index contributed by atoms with van der Waals surface area (Å²) in [6.07, 6.45) is 5.11. The van der Waals surface area contributed by atoms with Gasteiger partial charge in [-0.1, -0.05) is 23.6 Å². The standard InChI is InChI=1S/C12H15ClN2O2S/c1-4-7-15(3)18(16,17)11-6-5-10(9-14-2)12(13)8-11/h1,5-6,8,14H,7,9H2,2-3H3. The normalized spacial score (nSPS) is 11.5. The third kappa shape index (κ3) is 3.24. The Morgan fingerprint density at radius 1 is 1.50 bits per heavy atom. The van der Waals surface area contributed by atoms with Crippen LogP contribution in [0.1, 0.15) is 5.56 Å². The quantitative estimate of drug-likeness (QED) is 0.831. The van der Waals surface area contributed by atoms with Crippen LogP contribution in [0.5, 0.6) is 0 Å². The van der Waals surface area contributed by atoms with Crippen molar-refractivity contribution in [1.29, 1.82) is 0 Å². The van der Waals surface area contributed by atoms with Gasteiger partial charge in [-0.2, -0.15) is 4.31 Å². The summed E-state index contributed by atoms with van der Waals surface area (Å²) in [6.45, 7) is 0.609. The fraction of sp³-hybridized carbons (Fsp3) is 0.333. The van der Waals surface area contributed by atoms with E-state index in [1.807, 2.05) is 0 Å². The van der Waals surface area contributed by atoms with Gasteiger partial charge in [0, 0.05) is 18.6 Å². The lowest BCUT2D eigenvalue weighted by atomic mass is 10.2. The molecule has 0 radical (unpaired) electrons. The van der Waals surface area contributed by atoms with E-state index in [1.54, 1.807) is 13.1 Å². The maximum absolute atomic E-state index is 12.1. The molecule has 0 aromatic heterocycles. The van der Waals surface area contributed by atoms with Crippen molar-refractivity contribution in [3.63, 3.8) is 0 Å². The minimum absolute atomic E-state index is 0.0260. The van der Waals surface area contributed by atoms with E-state index in [1.165, 1.54) is 19.2 Å². The van der Waals surface area contributed by atoms with Gasteiger partial charge in [0.15, 0.2) is 0 Å². The number of rotatable bonds is 5. The lowest BCUT2D eigenvalue weighted by Crippen LogP contribution is -2.27. The molecule has 0 aliphatic heterocycles. The molecular formula is C12H15ClN2O2S. The van der Waals surface area contributed by atoms with Crippen molar-refractivity contribution in [1.82, 2.24) is 9.62 Å². The zero-order valence-electron chi connectivity index (χ0n) is 10.3. The Balaban J connectivity index is 3.12. The van der Waals surface area contributed by atoms with Crippen LogP contribution in [-0.4, -0.2) is 33.4 Å². The van der Waals surface area contributed by atoms with Crippen molar-refractivity contribution in [3.05, 3.63) is 28.8 Å². The zero-order chi connectivity index (χ0) is 13.8. The smallest absolute Gasteiger partial charge is 0.243 e. The summed E-state index contributed by atoms with van der Waals surface area (Å²) in [5.41, 5.74) is 0.845. The Kier molecular flexibility index (Phi) is 5.17. The maximum Gasteiger partial charge on any atom is 0.243 e. The van der Waals surface area contributed by atoms with Crippen LogP contribution in [0.25, 0.3) is 0 Å². The van der Waals surface area contributed by atoms with Gasteiger partial charge in [0.2, 0.25) is 10.0 Å². The van der Waals surface area contributed by atoms with Crippen LogP contribution >= 0.6 is 11.6 Å². The van der Waals surface area contributed by atoms with Crippen molar-refractivity contribution in [2.45, 2.75) is 11.4 Å². The van der Waals surface area contributed by atoms with Crippen molar-refractivity contribution < 1.29 is 8.42 Å². The summed E-state index contributed by atoms with van der Waals surface area (Å²) in [6, 6.07) is 4.66. The van der Waals surface area contributed by atoms with E-state index in [4.69, 9.17) is 18.0 Å². The summed E-state index contributed by atoms with van der Waals surface area (Å²) in [4.78, 5) is 0.144. The number of sulfonamides is 1. The summed E-state index contributed by atoms with van der Waals surface area (Å²) >= 11 is 6.03. The third-order valence-electron chi connectivity index (χ3n) is 2.41. The molecule has 6 heteroatoms. The first kappa shape index (κ1) is 15.0. The Morgan fingerprint density at radius 2 is 2.17 bits per heavy atom. The molecule has 0 saturated carbocycles. The van der Waals surface area contributed by atoms with Gasteiger partial charge in [0.1, 0.15) is 0 Å². The average Bonchev–Trinajstić information content (AvgIpc) is 2.32. The number of benzene rings is 1. The molecule has 0 fully saturated rings. The Morgan fingerprint density at radius 3 is 2.67 bits per heavy atom. The van der Waals surface area contributed by atoms with Crippen LogP contribution in [0.4, 0.5) is 0 Å². The predicted molar refractivity (Wildman–Crippen MR) is 72.9 cm³/mol. The third-order valence-corrected chi connectivity index (χ3v) is 4.57. The number of hydrogen-bond donors (Lipinski definition) is 1. The van der Waals surface area contributed by atoms with E-state index in [0.717, 1.165) is 9.87 Å². The monoisotopic (exact) mass is 286 g/mol. The molecule has 1 rings (SSSR count). The molecular weight excluding hydrogens is 272 g/mol. The number of nitrogens with one attached hydrogen (secondary N) is 1. The highest BCUT2D eigenvalue weighted by Gasteiger charge is 2.20. The molecule has 0 aliphatic rings. The number of nitrogens with zero attached hydrogens (tertiary/aromatic N) is 1. The Labute approximate surface area is 113 Å². The minimum atomic E-state index is -3.57. The summed E-state index contributed by atoms with van der Waals surface area (Å²) in [5.74, 6) is 2.29. The molecule has 4 nitrogen and oxygen atoms in total. The highest BCUT2D eigenvalue weighted by molar-refractivity contribution is 7.89. The van der Waals surface area contributed by atoms with Crippen LogP contribution in [0.3, 0.4) is 0 Å². The molecule has 1 aromatic carbocycles. The highest BCUT2D eigenvalue weighted by Crippen LogP contribution is 2.22. The zero-order valence-corrected chi connectivity index (χ0v) is 11.8. The first-order chi connectivity index (χ1) is 8.43. The fourth-order valence-electron chi connectivity index (χ4n) is 1.42. The summed E-state index contributed by atoms with van der Waals surface area (Å²) in [5, 5.41) is 3.37. The highest BCUT2D eigenvalue weighted by atomic mass is 35.5. The van der Waals surface area contributed by atoms with E-state index in [9.17, 15) is 8.42 Å². The molecule has 0 atom stereocenters. The van der Waals surface area contributed by atoms with Crippen LogP contribution in [0, 0.1) is 12.3 Å². The second kappa shape index (κ2) is 6.21. The van der Waals surface area contributed by atoms with Gasteiger partial charge in [0.05, 0.1) is 11.4 Å². The first-order valence-corrected chi connectivity index (χ1v) is 7.08. The summed E-state index contributed by atoms with van der Waals surface area (Å²) < 4.78 is 25.3. The lowest BCUT2D eigenvalue weighted by Gasteiger charge is -2.15. The van der Waals surface area contributed by atoms with Crippen LogP contribution in [-0.2, 0) is 16.6 Å². The second-order valence-electron chi connectivity index (χ2n) is 3.75. The lowest BCUT2D eigenvalue weighted by molar-refractivity contribution is 0.503. The van der Waals surface area contributed by atoms with E-state index in [0.29, 0.717) is 11.6 Å². The molecule has 1 N–H and O–H groups in total. The second-order valence-corrected chi connectivity index (χ2v) is 6.20. The SMILES string of the molecule is C#CCN(C)S(=O)(=O)c1ccc(CNC)c(Cl)c1. The molecule has 18 heavy (non-hydrogen) atoms.